The molecular formula is C14H14ClN3O. The molecule has 0 aliphatic carbocycles. The molecule has 1 amide bonds. The van der Waals surface area contributed by atoms with Crippen molar-refractivity contribution < 1.29 is 4.79 Å². The highest BCUT2D eigenvalue weighted by atomic mass is 35.5. The Morgan fingerprint density at radius 3 is 2.63 bits per heavy atom. The lowest BCUT2D eigenvalue weighted by Gasteiger charge is -2.24. The standard InChI is InChI=1S/C14H14ClN3O/c1-14(16,10-5-3-2-4-6-10)13(19)18-11-7-8-17-12(15)9-11/h2-9H,16H2,1H3,(H,17,18,19). The number of halogens is 1. The Hall–Kier alpha value is -1.91. The van der Waals surface area contributed by atoms with E-state index < -0.39 is 5.54 Å². The molecule has 0 spiro atoms. The van der Waals surface area contributed by atoms with Crippen molar-refractivity contribution in [2.45, 2.75) is 12.5 Å². The summed E-state index contributed by atoms with van der Waals surface area (Å²) in [6.07, 6.45) is 1.52. The summed E-state index contributed by atoms with van der Waals surface area (Å²) in [5.74, 6) is -0.305. The number of hydrogen-bond acceptors (Lipinski definition) is 3. The molecule has 4 nitrogen and oxygen atoms in total. The maximum Gasteiger partial charge on any atom is 0.248 e. The van der Waals surface area contributed by atoms with Gasteiger partial charge in [0.25, 0.3) is 0 Å². The second-order valence-corrected chi connectivity index (χ2v) is 4.78. The summed E-state index contributed by atoms with van der Waals surface area (Å²) in [4.78, 5) is 16.1. The van der Waals surface area contributed by atoms with Crippen LogP contribution in [-0.2, 0) is 10.3 Å². The molecule has 2 rings (SSSR count). The Bertz CT molecular complexity index is 584. The zero-order chi connectivity index (χ0) is 13.9. The minimum atomic E-state index is -1.11. The van der Waals surface area contributed by atoms with E-state index in [4.69, 9.17) is 17.3 Å². The predicted octanol–water partition coefficient (Wildman–Crippen LogP) is 2.55. The number of nitrogens with zero attached hydrogens (tertiary/aromatic N) is 1. The molecule has 1 aromatic carbocycles. The molecule has 1 atom stereocenters. The summed E-state index contributed by atoms with van der Waals surface area (Å²) in [5.41, 5.74) is 6.30. The van der Waals surface area contributed by atoms with Crippen LogP contribution in [0.5, 0.6) is 0 Å². The topological polar surface area (TPSA) is 68.0 Å². The molecule has 0 aliphatic rings. The van der Waals surface area contributed by atoms with Gasteiger partial charge < -0.3 is 11.1 Å². The third kappa shape index (κ3) is 3.10. The Labute approximate surface area is 116 Å². The normalized spacial score (nSPS) is 13.6. The second kappa shape index (κ2) is 5.38. The predicted molar refractivity (Wildman–Crippen MR) is 75.9 cm³/mol. The maximum atomic E-state index is 12.2. The van der Waals surface area contributed by atoms with Crippen LogP contribution in [0.2, 0.25) is 5.15 Å². The number of aromatic nitrogens is 1. The molecule has 2 aromatic rings. The van der Waals surface area contributed by atoms with Crippen LogP contribution < -0.4 is 11.1 Å². The third-order valence-electron chi connectivity index (χ3n) is 2.83. The van der Waals surface area contributed by atoms with Crippen LogP contribution in [0.4, 0.5) is 5.69 Å². The molecule has 0 aliphatic heterocycles. The van der Waals surface area contributed by atoms with Gasteiger partial charge in [-0.25, -0.2) is 4.98 Å². The van der Waals surface area contributed by atoms with E-state index in [9.17, 15) is 4.79 Å². The van der Waals surface area contributed by atoms with Gasteiger partial charge >= 0.3 is 0 Å². The fourth-order valence-electron chi connectivity index (χ4n) is 1.66. The molecule has 1 aromatic heterocycles. The Balaban J connectivity index is 2.20. The number of pyridine rings is 1. The first-order valence-electron chi connectivity index (χ1n) is 5.77. The summed E-state index contributed by atoms with van der Waals surface area (Å²) in [7, 11) is 0. The van der Waals surface area contributed by atoms with Gasteiger partial charge in [0.1, 0.15) is 10.7 Å². The van der Waals surface area contributed by atoms with Crippen LogP contribution in [0.3, 0.4) is 0 Å². The van der Waals surface area contributed by atoms with E-state index in [1.54, 1.807) is 19.1 Å². The third-order valence-corrected chi connectivity index (χ3v) is 3.04. The van der Waals surface area contributed by atoms with Gasteiger partial charge in [-0.2, -0.15) is 0 Å². The van der Waals surface area contributed by atoms with E-state index in [0.717, 1.165) is 5.56 Å². The zero-order valence-electron chi connectivity index (χ0n) is 10.4. The second-order valence-electron chi connectivity index (χ2n) is 4.39. The molecule has 98 valence electrons. The minimum absolute atomic E-state index is 0.305. The van der Waals surface area contributed by atoms with Crippen LogP contribution in [0.1, 0.15) is 12.5 Å². The monoisotopic (exact) mass is 275 g/mol. The number of nitrogens with two attached hydrogens (primary N) is 1. The molecule has 5 heteroatoms. The first kappa shape index (κ1) is 13.5. The van der Waals surface area contributed by atoms with Crippen LogP contribution >= 0.6 is 11.6 Å². The maximum absolute atomic E-state index is 12.2. The van der Waals surface area contributed by atoms with E-state index in [-0.39, 0.29) is 5.91 Å². The number of benzene rings is 1. The number of carbonyl (C=O) groups is 1. The van der Waals surface area contributed by atoms with Gasteiger partial charge in [-0.15, -0.1) is 0 Å². The highest BCUT2D eigenvalue weighted by Crippen LogP contribution is 2.20. The van der Waals surface area contributed by atoms with Crippen LogP contribution in [-0.4, -0.2) is 10.9 Å². The lowest BCUT2D eigenvalue weighted by molar-refractivity contribution is -0.120. The van der Waals surface area contributed by atoms with Crippen molar-refractivity contribution in [2.24, 2.45) is 5.73 Å². The van der Waals surface area contributed by atoms with Crippen molar-refractivity contribution in [3.8, 4) is 0 Å². The Morgan fingerprint density at radius 1 is 1.32 bits per heavy atom. The molecule has 0 saturated heterocycles. The van der Waals surface area contributed by atoms with Crippen molar-refractivity contribution in [2.75, 3.05) is 5.32 Å². The summed E-state index contributed by atoms with van der Waals surface area (Å²) >= 11 is 5.77. The van der Waals surface area contributed by atoms with Gasteiger partial charge in [0, 0.05) is 11.9 Å². The number of hydrogen-bond donors (Lipinski definition) is 2. The van der Waals surface area contributed by atoms with E-state index >= 15 is 0 Å². The Morgan fingerprint density at radius 2 is 2.00 bits per heavy atom. The fraction of sp³-hybridized carbons (Fsp3) is 0.143. The molecule has 0 saturated carbocycles. The van der Waals surface area contributed by atoms with Crippen LogP contribution in [0.15, 0.2) is 48.7 Å². The number of anilines is 1. The van der Waals surface area contributed by atoms with Gasteiger partial charge in [0.2, 0.25) is 5.91 Å². The SMILES string of the molecule is CC(N)(C(=O)Nc1ccnc(Cl)c1)c1ccccc1. The highest BCUT2D eigenvalue weighted by molar-refractivity contribution is 6.29. The molecule has 0 bridgehead atoms. The molecule has 1 heterocycles. The summed E-state index contributed by atoms with van der Waals surface area (Å²) in [6.45, 7) is 1.67. The lowest BCUT2D eigenvalue weighted by Crippen LogP contribution is -2.45. The van der Waals surface area contributed by atoms with Gasteiger partial charge in [-0.1, -0.05) is 41.9 Å². The minimum Gasteiger partial charge on any atom is -0.324 e. The van der Waals surface area contributed by atoms with Gasteiger partial charge in [0.15, 0.2) is 0 Å². The van der Waals surface area contributed by atoms with Crippen molar-refractivity contribution in [1.29, 1.82) is 0 Å². The average molecular weight is 276 g/mol. The number of rotatable bonds is 3. The number of amides is 1. The fourth-order valence-corrected chi connectivity index (χ4v) is 1.83. The van der Waals surface area contributed by atoms with E-state index in [1.807, 2.05) is 30.3 Å². The van der Waals surface area contributed by atoms with Crippen molar-refractivity contribution in [3.63, 3.8) is 0 Å². The molecule has 19 heavy (non-hydrogen) atoms. The van der Waals surface area contributed by atoms with E-state index in [2.05, 4.69) is 10.3 Å². The Kier molecular flexibility index (Phi) is 3.83. The summed E-state index contributed by atoms with van der Waals surface area (Å²) in [6, 6.07) is 12.4. The lowest BCUT2D eigenvalue weighted by atomic mass is 9.92. The van der Waals surface area contributed by atoms with Gasteiger partial charge in [0.05, 0.1) is 0 Å². The molecule has 0 radical (unpaired) electrons. The molecular weight excluding hydrogens is 262 g/mol. The van der Waals surface area contributed by atoms with E-state index in [1.165, 1.54) is 6.20 Å². The van der Waals surface area contributed by atoms with Crippen molar-refractivity contribution >= 4 is 23.2 Å². The average Bonchev–Trinajstić information content (AvgIpc) is 2.39. The van der Waals surface area contributed by atoms with Crippen molar-refractivity contribution in [3.05, 3.63) is 59.4 Å². The zero-order valence-corrected chi connectivity index (χ0v) is 11.2. The van der Waals surface area contributed by atoms with Crippen LogP contribution in [0.25, 0.3) is 0 Å². The first-order valence-corrected chi connectivity index (χ1v) is 6.15. The number of nitrogens with one attached hydrogen (secondary N) is 1. The largest absolute Gasteiger partial charge is 0.324 e. The number of carbonyl (C=O) groups excluding carboxylic acids is 1. The molecule has 3 N–H and O–H groups in total. The molecule has 0 fully saturated rings. The summed E-state index contributed by atoms with van der Waals surface area (Å²) < 4.78 is 0. The van der Waals surface area contributed by atoms with Gasteiger partial charge in [-0.3, -0.25) is 4.79 Å². The summed E-state index contributed by atoms with van der Waals surface area (Å²) in [5, 5.41) is 3.05. The van der Waals surface area contributed by atoms with Gasteiger partial charge in [-0.05, 0) is 24.6 Å². The quantitative estimate of drug-likeness (QED) is 0.846. The van der Waals surface area contributed by atoms with Crippen molar-refractivity contribution in [1.82, 2.24) is 4.98 Å². The smallest absolute Gasteiger partial charge is 0.248 e. The van der Waals surface area contributed by atoms with Crippen LogP contribution in [0, 0.1) is 0 Å². The molecule has 1 unspecified atom stereocenters. The first-order chi connectivity index (χ1) is 9.00. The van der Waals surface area contributed by atoms with E-state index in [0.29, 0.717) is 10.8 Å². The highest BCUT2D eigenvalue weighted by Gasteiger charge is 2.30.